The van der Waals surface area contributed by atoms with Crippen LogP contribution in [0.1, 0.15) is 63.7 Å². The Kier molecular flexibility index (Phi) is 6.92. The Labute approximate surface area is 235 Å². The summed E-state index contributed by atoms with van der Waals surface area (Å²) in [6.07, 6.45) is 7.75. The van der Waals surface area contributed by atoms with Gasteiger partial charge in [0.25, 0.3) is 5.91 Å². The van der Waals surface area contributed by atoms with Crippen LogP contribution in [0.5, 0.6) is 11.5 Å². The molecule has 2 bridgehead atoms. The van der Waals surface area contributed by atoms with E-state index in [1.807, 2.05) is 32.6 Å². The van der Waals surface area contributed by atoms with Crippen molar-refractivity contribution in [3.05, 3.63) is 42.1 Å². The molecule has 9 nitrogen and oxygen atoms in total. The Morgan fingerprint density at radius 2 is 1.75 bits per heavy atom. The van der Waals surface area contributed by atoms with Crippen LogP contribution in [0.4, 0.5) is 10.2 Å². The molecule has 2 aromatic rings. The number of halogens is 1. The number of anilines is 1. The van der Waals surface area contributed by atoms with Gasteiger partial charge in [0.15, 0.2) is 11.6 Å². The Bertz CT molecular complexity index is 1270. The van der Waals surface area contributed by atoms with Crippen molar-refractivity contribution in [1.29, 1.82) is 0 Å². The lowest BCUT2D eigenvalue weighted by atomic mass is 9.71. The molecule has 5 heterocycles. The standard InChI is InChI=1S/C30H39FN6O3/c1-18(2)37(19(3)4)28(38)23-11-21(31)7-10-24(23)40-25-12-32-17-33-27(25)35-13-30(14-35)15-36(16-30)29(39)26-20-5-8-22(34-26)9-6-20/h7,10-12,17-20,22,26,34H,5-6,8-9,13-16H2,1-4H3. The van der Waals surface area contributed by atoms with Gasteiger partial charge >= 0.3 is 0 Å². The van der Waals surface area contributed by atoms with Crippen molar-refractivity contribution in [3.63, 3.8) is 0 Å². The van der Waals surface area contributed by atoms with Crippen LogP contribution in [0.15, 0.2) is 30.7 Å². The molecular formula is C30H39FN6O3. The number of nitrogens with one attached hydrogen (secondary N) is 1. The van der Waals surface area contributed by atoms with Gasteiger partial charge in [-0.25, -0.2) is 14.4 Å². The zero-order chi connectivity index (χ0) is 28.2. The highest BCUT2D eigenvalue weighted by atomic mass is 19.1. The average molecular weight is 551 g/mol. The van der Waals surface area contributed by atoms with Crippen molar-refractivity contribution >= 4 is 17.6 Å². The maximum absolute atomic E-state index is 14.3. The lowest BCUT2D eigenvalue weighted by Crippen LogP contribution is -2.75. The van der Waals surface area contributed by atoms with Gasteiger partial charge < -0.3 is 24.8 Å². The van der Waals surface area contributed by atoms with E-state index in [1.54, 1.807) is 11.1 Å². The summed E-state index contributed by atoms with van der Waals surface area (Å²) in [6, 6.07) is 4.36. The first kappa shape index (κ1) is 26.9. The van der Waals surface area contributed by atoms with Gasteiger partial charge in [0.1, 0.15) is 17.9 Å². The number of carbonyl (C=O) groups excluding carboxylic acids is 2. The van der Waals surface area contributed by atoms with Crippen LogP contribution in [-0.2, 0) is 4.79 Å². The lowest BCUT2D eigenvalue weighted by Gasteiger charge is -2.61. The lowest BCUT2D eigenvalue weighted by molar-refractivity contribution is -0.151. The quantitative estimate of drug-likeness (QED) is 0.560. The highest BCUT2D eigenvalue weighted by Crippen LogP contribution is 2.45. The molecule has 4 saturated heterocycles. The SMILES string of the molecule is CC(C)N(C(=O)c1cc(F)ccc1Oc1cncnc1N1CC2(CN(C(=O)C3NC4CCC3CC4)C2)C1)C(C)C. The number of fused-ring (bicyclic) bond motifs is 3. The Morgan fingerprint density at radius 1 is 1.05 bits per heavy atom. The minimum absolute atomic E-state index is 0.0159. The first-order chi connectivity index (χ1) is 19.1. The fourth-order valence-corrected chi connectivity index (χ4v) is 7.21. The summed E-state index contributed by atoms with van der Waals surface area (Å²) in [6.45, 7) is 10.8. The molecule has 0 radical (unpaired) electrons. The molecule has 40 heavy (non-hydrogen) atoms. The molecule has 5 fully saturated rings. The van der Waals surface area contributed by atoms with Crippen molar-refractivity contribution in [2.45, 2.75) is 77.5 Å². The third-order valence-corrected chi connectivity index (χ3v) is 9.04. The Balaban J connectivity index is 1.13. The van der Waals surface area contributed by atoms with Crippen molar-refractivity contribution in [2.24, 2.45) is 11.3 Å². The van der Waals surface area contributed by atoms with Gasteiger partial charge in [0.05, 0.1) is 17.8 Å². The largest absolute Gasteiger partial charge is 0.451 e. The normalized spacial score (nSPS) is 24.7. The topological polar surface area (TPSA) is 90.9 Å². The summed E-state index contributed by atoms with van der Waals surface area (Å²) in [7, 11) is 0. The molecule has 1 saturated carbocycles. The monoisotopic (exact) mass is 550 g/mol. The molecule has 1 aromatic heterocycles. The summed E-state index contributed by atoms with van der Waals surface area (Å²) in [5, 5.41) is 3.58. The second kappa shape index (κ2) is 10.3. The average Bonchev–Trinajstić information content (AvgIpc) is 2.89. The molecule has 1 aliphatic carbocycles. The summed E-state index contributed by atoms with van der Waals surface area (Å²) in [5.74, 6) is 1.24. The van der Waals surface area contributed by atoms with Gasteiger partial charge in [-0.1, -0.05) is 0 Å². The van der Waals surface area contributed by atoms with Crippen LogP contribution < -0.4 is 15.0 Å². The Morgan fingerprint density at radius 3 is 2.38 bits per heavy atom. The molecule has 7 rings (SSSR count). The molecule has 10 heteroatoms. The number of ether oxygens (including phenoxy) is 1. The predicted octanol–water partition coefficient (Wildman–Crippen LogP) is 3.85. The zero-order valence-electron chi connectivity index (χ0n) is 23.8. The van der Waals surface area contributed by atoms with Crippen LogP contribution in [0.3, 0.4) is 0 Å². The van der Waals surface area contributed by atoms with Gasteiger partial charge in [0, 0.05) is 49.7 Å². The summed E-state index contributed by atoms with van der Waals surface area (Å²) >= 11 is 0. The Hall–Kier alpha value is -3.27. The molecule has 1 N–H and O–H groups in total. The van der Waals surface area contributed by atoms with Crippen LogP contribution in [0.25, 0.3) is 0 Å². The number of benzene rings is 1. The summed E-state index contributed by atoms with van der Waals surface area (Å²) < 4.78 is 20.5. The number of rotatable bonds is 7. The van der Waals surface area contributed by atoms with E-state index >= 15 is 0 Å². The van der Waals surface area contributed by atoms with Crippen molar-refractivity contribution in [2.75, 3.05) is 31.1 Å². The van der Waals surface area contributed by atoms with Crippen LogP contribution >= 0.6 is 0 Å². The van der Waals surface area contributed by atoms with Gasteiger partial charge in [0.2, 0.25) is 5.91 Å². The summed E-state index contributed by atoms with van der Waals surface area (Å²) in [4.78, 5) is 41.1. The molecule has 1 unspecified atom stereocenters. The second-order valence-corrected chi connectivity index (χ2v) is 12.7. The number of nitrogens with zero attached hydrogens (tertiary/aromatic N) is 5. The number of amides is 2. The second-order valence-electron chi connectivity index (χ2n) is 12.7. The number of likely N-dealkylation sites (tertiary alicyclic amines) is 1. The minimum atomic E-state index is -0.502. The number of piperidine rings is 2. The van der Waals surface area contributed by atoms with E-state index in [1.165, 1.54) is 37.4 Å². The van der Waals surface area contributed by atoms with E-state index < -0.39 is 5.82 Å². The highest BCUT2D eigenvalue weighted by Gasteiger charge is 2.55. The van der Waals surface area contributed by atoms with Gasteiger partial charge in [-0.15, -0.1) is 0 Å². The van der Waals surface area contributed by atoms with Crippen molar-refractivity contribution < 1.29 is 18.7 Å². The molecule has 1 spiro atoms. The van der Waals surface area contributed by atoms with Gasteiger partial charge in [-0.3, -0.25) is 9.59 Å². The zero-order valence-corrected chi connectivity index (χ0v) is 23.8. The van der Waals surface area contributed by atoms with Crippen LogP contribution in [0.2, 0.25) is 0 Å². The predicted molar refractivity (Wildman–Crippen MR) is 149 cm³/mol. The smallest absolute Gasteiger partial charge is 0.258 e. The maximum atomic E-state index is 14.3. The van der Waals surface area contributed by atoms with Crippen LogP contribution in [0, 0.1) is 17.2 Å². The van der Waals surface area contributed by atoms with E-state index in [9.17, 15) is 14.0 Å². The van der Waals surface area contributed by atoms with Gasteiger partial charge in [-0.2, -0.15) is 0 Å². The molecule has 1 atom stereocenters. The van der Waals surface area contributed by atoms with E-state index in [2.05, 4.69) is 20.2 Å². The fourth-order valence-electron chi connectivity index (χ4n) is 7.21. The number of hydrogen-bond acceptors (Lipinski definition) is 7. The molecule has 214 valence electrons. The third kappa shape index (κ3) is 4.80. The van der Waals surface area contributed by atoms with Crippen molar-refractivity contribution in [3.8, 4) is 11.5 Å². The maximum Gasteiger partial charge on any atom is 0.258 e. The number of aromatic nitrogens is 2. The number of carbonyl (C=O) groups is 2. The molecule has 1 aromatic carbocycles. The van der Waals surface area contributed by atoms with E-state index in [-0.39, 0.29) is 46.7 Å². The minimum Gasteiger partial charge on any atom is -0.451 e. The summed E-state index contributed by atoms with van der Waals surface area (Å²) in [5.41, 5.74) is 0.230. The molecule has 5 aliphatic rings. The third-order valence-electron chi connectivity index (χ3n) is 9.04. The highest BCUT2D eigenvalue weighted by molar-refractivity contribution is 5.97. The first-order valence-electron chi connectivity index (χ1n) is 14.5. The first-order valence-corrected chi connectivity index (χ1v) is 14.5. The van der Waals surface area contributed by atoms with E-state index in [4.69, 9.17) is 4.74 Å². The van der Waals surface area contributed by atoms with Crippen molar-refractivity contribution in [1.82, 2.24) is 25.1 Å². The van der Waals surface area contributed by atoms with E-state index in [0.29, 0.717) is 23.5 Å². The van der Waals surface area contributed by atoms with Crippen LogP contribution in [-0.4, -0.2) is 81.9 Å². The molecule has 2 amide bonds. The molecule has 4 aliphatic heterocycles. The van der Waals surface area contributed by atoms with E-state index in [0.717, 1.165) is 39.0 Å². The molecular weight excluding hydrogens is 511 g/mol. The fraction of sp³-hybridized carbons (Fsp3) is 0.600. The van der Waals surface area contributed by atoms with Gasteiger partial charge in [-0.05, 0) is 77.5 Å². The number of hydrogen-bond donors (Lipinski definition) is 1.